The largest absolute Gasteiger partial charge is 0.493 e. The Hall–Kier alpha value is -1.52. The van der Waals surface area contributed by atoms with Crippen molar-refractivity contribution in [3.63, 3.8) is 0 Å². The van der Waals surface area contributed by atoms with Crippen molar-refractivity contribution >= 4 is 28.1 Å². The van der Waals surface area contributed by atoms with E-state index in [0.29, 0.717) is 28.0 Å². The van der Waals surface area contributed by atoms with Gasteiger partial charge in [-0.2, -0.15) is 0 Å². The van der Waals surface area contributed by atoms with Crippen molar-refractivity contribution in [1.29, 1.82) is 0 Å². The predicted octanol–water partition coefficient (Wildman–Crippen LogP) is 3.16. The molecule has 20 heavy (non-hydrogen) atoms. The van der Waals surface area contributed by atoms with Crippen molar-refractivity contribution in [3.8, 4) is 5.75 Å². The monoisotopic (exact) mass is 307 g/mol. The van der Waals surface area contributed by atoms with Gasteiger partial charge < -0.3 is 10.5 Å². The molecule has 0 aliphatic carbocycles. The average Bonchev–Trinajstić information content (AvgIpc) is 2.87. The van der Waals surface area contributed by atoms with Gasteiger partial charge in [0.2, 0.25) is 0 Å². The lowest BCUT2D eigenvalue weighted by molar-refractivity contribution is 0.354. The molecule has 1 atom stereocenters. The number of fused-ring (bicyclic) bond motifs is 1. The molecule has 0 bridgehead atoms. The zero-order valence-corrected chi connectivity index (χ0v) is 12.3. The number of halogens is 1. The number of benzene rings is 2. The molecule has 3 rings (SSSR count). The Morgan fingerprint density at radius 3 is 2.90 bits per heavy atom. The lowest BCUT2D eigenvalue weighted by atomic mass is 10.1. The van der Waals surface area contributed by atoms with E-state index in [1.807, 2.05) is 24.3 Å². The normalized spacial score (nSPS) is 14.7. The third kappa shape index (κ3) is 2.53. The predicted molar refractivity (Wildman–Crippen MR) is 81.6 cm³/mol. The highest BCUT2D eigenvalue weighted by molar-refractivity contribution is 7.84. The quantitative estimate of drug-likeness (QED) is 0.886. The number of nitrogens with two attached hydrogens (primary N) is 1. The lowest BCUT2D eigenvalue weighted by Gasteiger charge is -2.10. The van der Waals surface area contributed by atoms with Crippen molar-refractivity contribution < 1.29 is 8.95 Å². The fourth-order valence-corrected chi connectivity index (χ4v) is 3.84. The van der Waals surface area contributed by atoms with Crippen LogP contribution in [0, 0.1) is 0 Å². The fourth-order valence-electron chi connectivity index (χ4n) is 2.36. The van der Waals surface area contributed by atoms with Crippen molar-refractivity contribution in [2.75, 3.05) is 12.3 Å². The SMILES string of the molecule is Nc1ccccc1S(=O)Cc1cc(Cl)cc2c1OCC2. The molecule has 1 aliphatic rings. The standard InChI is InChI=1S/C15H14ClNO2S/c16-12-7-10-5-6-19-15(10)11(8-12)9-20(18)14-4-2-1-3-13(14)17/h1-4,7-8H,5-6,9,17H2. The minimum Gasteiger partial charge on any atom is -0.493 e. The number of rotatable bonds is 3. The Morgan fingerprint density at radius 2 is 2.10 bits per heavy atom. The van der Waals surface area contributed by atoms with Crippen LogP contribution in [0.4, 0.5) is 5.69 Å². The first-order chi connectivity index (χ1) is 9.65. The van der Waals surface area contributed by atoms with E-state index in [0.717, 1.165) is 23.3 Å². The summed E-state index contributed by atoms with van der Waals surface area (Å²) >= 11 is 6.11. The molecule has 3 nitrogen and oxygen atoms in total. The number of hydrogen-bond donors (Lipinski definition) is 1. The summed E-state index contributed by atoms with van der Waals surface area (Å²) in [7, 11) is -1.21. The smallest absolute Gasteiger partial charge is 0.126 e. The molecule has 2 aromatic rings. The van der Waals surface area contributed by atoms with Crippen molar-refractivity contribution in [1.82, 2.24) is 0 Å². The molecular formula is C15H14ClNO2S. The molecule has 0 aromatic heterocycles. The highest BCUT2D eigenvalue weighted by Crippen LogP contribution is 2.34. The van der Waals surface area contributed by atoms with Gasteiger partial charge in [-0.25, -0.2) is 0 Å². The van der Waals surface area contributed by atoms with E-state index in [9.17, 15) is 4.21 Å². The third-order valence-electron chi connectivity index (χ3n) is 3.28. The Morgan fingerprint density at radius 1 is 1.30 bits per heavy atom. The number of para-hydroxylation sites is 1. The molecule has 0 radical (unpaired) electrons. The molecule has 0 saturated heterocycles. The van der Waals surface area contributed by atoms with Crippen LogP contribution in [-0.4, -0.2) is 10.8 Å². The summed E-state index contributed by atoms with van der Waals surface area (Å²) in [6.07, 6.45) is 0.850. The van der Waals surface area contributed by atoms with Crippen molar-refractivity contribution in [3.05, 3.63) is 52.5 Å². The number of anilines is 1. The molecule has 2 aromatic carbocycles. The van der Waals surface area contributed by atoms with E-state index in [1.165, 1.54) is 0 Å². The van der Waals surface area contributed by atoms with E-state index in [-0.39, 0.29) is 0 Å². The van der Waals surface area contributed by atoms with Crippen LogP contribution >= 0.6 is 11.6 Å². The summed E-state index contributed by atoms with van der Waals surface area (Å²) < 4.78 is 18.1. The number of nitrogen functional groups attached to an aromatic ring is 1. The average molecular weight is 308 g/mol. The molecule has 0 amide bonds. The minimum atomic E-state index is -1.21. The zero-order valence-electron chi connectivity index (χ0n) is 10.8. The van der Waals surface area contributed by atoms with Gasteiger partial charge in [0, 0.05) is 22.7 Å². The van der Waals surface area contributed by atoms with Crippen molar-refractivity contribution in [2.45, 2.75) is 17.1 Å². The first kappa shape index (κ1) is 13.5. The number of ether oxygens (including phenoxy) is 1. The summed E-state index contributed by atoms with van der Waals surface area (Å²) in [5.41, 5.74) is 8.38. The Kier molecular flexibility index (Phi) is 3.68. The first-order valence-electron chi connectivity index (χ1n) is 6.32. The molecule has 104 valence electrons. The molecule has 0 spiro atoms. The van der Waals surface area contributed by atoms with Gasteiger partial charge in [0.1, 0.15) is 5.75 Å². The molecule has 1 aliphatic heterocycles. The molecule has 2 N–H and O–H groups in total. The second-order valence-corrected chi connectivity index (χ2v) is 6.54. The van der Waals surface area contributed by atoms with Crippen LogP contribution < -0.4 is 10.5 Å². The van der Waals surface area contributed by atoms with Crippen LogP contribution in [0.5, 0.6) is 5.75 Å². The van der Waals surface area contributed by atoms with Crippen LogP contribution in [0.2, 0.25) is 5.02 Å². The molecule has 1 heterocycles. The Balaban J connectivity index is 1.93. The summed E-state index contributed by atoms with van der Waals surface area (Å²) in [5, 5.41) is 0.655. The van der Waals surface area contributed by atoms with Gasteiger partial charge >= 0.3 is 0 Å². The highest BCUT2D eigenvalue weighted by atomic mass is 35.5. The second-order valence-electron chi connectivity index (χ2n) is 4.68. The lowest BCUT2D eigenvalue weighted by Crippen LogP contribution is -2.02. The van der Waals surface area contributed by atoms with Crippen LogP contribution in [0.25, 0.3) is 0 Å². The molecular weight excluding hydrogens is 294 g/mol. The summed E-state index contributed by atoms with van der Waals surface area (Å²) in [5.74, 6) is 1.19. The first-order valence-corrected chi connectivity index (χ1v) is 8.02. The van der Waals surface area contributed by atoms with Gasteiger partial charge in [0.15, 0.2) is 0 Å². The fraction of sp³-hybridized carbons (Fsp3) is 0.200. The van der Waals surface area contributed by atoms with Gasteiger partial charge in [-0.05, 0) is 29.8 Å². The topological polar surface area (TPSA) is 52.3 Å². The molecule has 0 saturated carbocycles. The maximum atomic E-state index is 12.5. The van der Waals surface area contributed by atoms with Crippen molar-refractivity contribution in [2.24, 2.45) is 0 Å². The Bertz CT molecular complexity index is 688. The van der Waals surface area contributed by atoms with E-state index in [2.05, 4.69) is 0 Å². The van der Waals surface area contributed by atoms with E-state index < -0.39 is 10.8 Å². The van der Waals surface area contributed by atoms with Gasteiger partial charge in [-0.15, -0.1) is 0 Å². The van der Waals surface area contributed by atoms with Gasteiger partial charge in [0.25, 0.3) is 0 Å². The van der Waals surface area contributed by atoms with Gasteiger partial charge in [-0.1, -0.05) is 23.7 Å². The molecule has 1 unspecified atom stereocenters. The summed E-state index contributed by atoms with van der Waals surface area (Å²) in [6.45, 7) is 0.656. The van der Waals surface area contributed by atoms with Crippen LogP contribution in [0.15, 0.2) is 41.3 Å². The zero-order chi connectivity index (χ0) is 14.1. The Labute approximate surface area is 125 Å². The number of hydrogen-bond acceptors (Lipinski definition) is 3. The third-order valence-corrected chi connectivity index (χ3v) is 4.93. The summed E-state index contributed by atoms with van der Waals surface area (Å²) in [4.78, 5) is 0.652. The second kappa shape index (κ2) is 5.46. The van der Waals surface area contributed by atoms with E-state index >= 15 is 0 Å². The maximum absolute atomic E-state index is 12.5. The molecule has 5 heteroatoms. The van der Waals surface area contributed by atoms with Gasteiger partial charge in [0.05, 0.1) is 28.1 Å². The van der Waals surface area contributed by atoms with Crippen LogP contribution in [-0.2, 0) is 23.0 Å². The molecule has 0 fully saturated rings. The van der Waals surface area contributed by atoms with Crippen LogP contribution in [0.3, 0.4) is 0 Å². The van der Waals surface area contributed by atoms with E-state index in [4.69, 9.17) is 22.1 Å². The van der Waals surface area contributed by atoms with Gasteiger partial charge in [-0.3, -0.25) is 4.21 Å². The minimum absolute atomic E-state index is 0.358. The summed E-state index contributed by atoms with van der Waals surface area (Å²) in [6, 6.07) is 10.9. The van der Waals surface area contributed by atoms with E-state index in [1.54, 1.807) is 12.1 Å². The maximum Gasteiger partial charge on any atom is 0.126 e. The highest BCUT2D eigenvalue weighted by Gasteiger charge is 2.20. The van der Waals surface area contributed by atoms with Crippen LogP contribution in [0.1, 0.15) is 11.1 Å².